The molecule has 2 atom stereocenters. The Balaban J connectivity index is 1.88. The summed E-state index contributed by atoms with van der Waals surface area (Å²) in [6, 6.07) is 5.32. The lowest BCUT2D eigenvalue weighted by Crippen LogP contribution is -2.52. The van der Waals surface area contributed by atoms with Gasteiger partial charge in [-0.25, -0.2) is 4.79 Å². The van der Waals surface area contributed by atoms with Gasteiger partial charge >= 0.3 is 5.97 Å². The van der Waals surface area contributed by atoms with Crippen molar-refractivity contribution >= 4 is 29.2 Å². The zero-order chi connectivity index (χ0) is 20.0. The first-order valence-electron chi connectivity index (χ1n) is 9.46. The maximum absolute atomic E-state index is 12.4. The molecule has 2 rings (SSSR count). The number of amides is 1. The number of aryl methyl sites for hydroxylation is 1. The lowest BCUT2D eigenvalue weighted by molar-refractivity contribution is -0.146. The molecule has 0 aliphatic carbocycles. The second-order valence-electron chi connectivity index (χ2n) is 7.15. The van der Waals surface area contributed by atoms with Gasteiger partial charge in [-0.3, -0.25) is 9.69 Å². The molecule has 1 aliphatic rings. The molecule has 1 heterocycles. The number of benzene rings is 1. The number of nitrogens with one attached hydrogen (secondary N) is 1. The fourth-order valence-corrected chi connectivity index (χ4v) is 3.45. The lowest BCUT2D eigenvalue weighted by Gasteiger charge is -2.36. The number of esters is 1. The van der Waals surface area contributed by atoms with E-state index in [1.165, 1.54) is 12.7 Å². The molecule has 1 aromatic rings. The van der Waals surface area contributed by atoms with Gasteiger partial charge in [0.05, 0.1) is 13.7 Å². The van der Waals surface area contributed by atoms with Gasteiger partial charge in [0.15, 0.2) is 0 Å². The number of hydrogen-bond donors (Lipinski definition) is 1. The fourth-order valence-electron chi connectivity index (χ4n) is 3.29. The molecule has 0 saturated carbocycles. The highest BCUT2D eigenvalue weighted by molar-refractivity contribution is 6.30. The Labute approximate surface area is 166 Å². The molecule has 150 valence electrons. The highest BCUT2D eigenvalue weighted by Gasteiger charge is 2.28. The molecule has 0 radical (unpaired) electrons. The summed E-state index contributed by atoms with van der Waals surface area (Å²) in [5.74, 6) is -0.499. The normalized spacial score (nSPS) is 17.3. The third-order valence-corrected chi connectivity index (χ3v) is 5.47. The van der Waals surface area contributed by atoms with E-state index in [9.17, 15) is 9.59 Å². The van der Waals surface area contributed by atoms with Gasteiger partial charge in [-0.2, -0.15) is 0 Å². The molecule has 1 aliphatic heterocycles. The van der Waals surface area contributed by atoms with Gasteiger partial charge in [0, 0.05) is 36.9 Å². The van der Waals surface area contributed by atoms with Crippen molar-refractivity contribution in [3.8, 4) is 0 Å². The zero-order valence-electron chi connectivity index (χ0n) is 16.6. The average molecular weight is 396 g/mol. The highest BCUT2D eigenvalue weighted by atomic mass is 35.5. The molecule has 0 aromatic heterocycles. The van der Waals surface area contributed by atoms with Crippen LogP contribution in [0.5, 0.6) is 0 Å². The first-order valence-corrected chi connectivity index (χ1v) is 9.84. The third-order valence-electron chi connectivity index (χ3n) is 5.24. The van der Waals surface area contributed by atoms with Crippen molar-refractivity contribution in [1.29, 1.82) is 0 Å². The molecular weight excluding hydrogens is 366 g/mol. The lowest BCUT2D eigenvalue weighted by atomic mass is 9.99. The van der Waals surface area contributed by atoms with Crippen molar-refractivity contribution in [2.75, 3.05) is 44.7 Å². The number of methoxy groups -OCH3 is 1. The maximum Gasteiger partial charge on any atom is 0.328 e. The van der Waals surface area contributed by atoms with E-state index < -0.39 is 6.04 Å². The minimum Gasteiger partial charge on any atom is -0.467 e. The smallest absolute Gasteiger partial charge is 0.328 e. The number of rotatable bonds is 7. The fraction of sp³-hybridized carbons (Fsp3) is 0.600. The Morgan fingerprint density at radius 2 is 1.93 bits per heavy atom. The number of nitrogens with zero attached hydrogens (tertiary/aromatic N) is 2. The van der Waals surface area contributed by atoms with Crippen molar-refractivity contribution in [2.45, 2.75) is 33.2 Å². The summed E-state index contributed by atoms with van der Waals surface area (Å²) in [4.78, 5) is 28.8. The minimum absolute atomic E-state index is 0.0315. The third kappa shape index (κ3) is 5.84. The second kappa shape index (κ2) is 9.95. The summed E-state index contributed by atoms with van der Waals surface area (Å²) < 4.78 is 4.83. The number of halogens is 1. The molecule has 6 nitrogen and oxygen atoms in total. The Hall–Kier alpha value is -1.79. The molecule has 1 saturated heterocycles. The van der Waals surface area contributed by atoms with Crippen LogP contribution in [0.15, 0.2) is 18.2 Å². The standard InChI is InChI=1S/C20H30ClN3O3/c1-5-14(2)19(20(26)27-4)22-18(25)13-23-8-10-24(11-9-23)17-12-16(21)7-6-15(17)3/h6-7,12,14,19H,5,8-11,13H2,1-4H3,(H,22,25)/t14-,19-/m1/s1. The summed E-state index contributed by atoms with van der Waals surface area (Å²) in [6.45, 7) is 9.52. The number of hydrogen-bond acceptors (Lipinski definition) is 5. The highest BCUT2D eigenvalue weighted by Crippen LogP contribution is 2.25. The summed E-state index contributed by atoms with van der Waals surface area (Å²) in [5, 5.41) is 3.57. The van der Waals surface area contributed by atoms with E-state index in [1.807, 2.05) is 32.0 Å². The number of carbonyl (C=O) groups excluding carboxylic acids is 2. The van der Waals surface area contributed by atoms with E-state index in [2.05, 4.69) is 22.0 Å². The van der Waals surface area contributed by atoms with E-state index >= 15 is 0 Å². The van der Waals surface area contributed by atoms with Crippen LogP contribution in [0, 0.1) is 12.8 Å². The van der Waals surface area contributed by atoms with E-state index in [-0.39, 0.29) is 24.3 Å². The van der Waals surface area contributed by atoms with Crippen LogP contribution >= 0.6 is 11.6 Å². The van der Waals surface area contributed by atoms with Crippen LogP contribution in [0.1, 0.15) is 25.8 Å². The predicted molar refractivity (Wildman–Crippen MR) is 108 cm³/mol. The minimum atomic E-state index is -0.595. The van der Waals surface area contributed by atoms with E-state index in [0.29, 0.717) is 0 Å². The summed E-state index contributed by atoms with van der Waals surface area (Å²) in [6.07, 6.45) is 0.789. The molecule has 1 amide bonds. The van der Waals surface area contributed by atoms with Crippen molar-refractivity contribution in [3.63, 3.8) is 0 Å². The molecule has 27 heavy (non-hydrogen) atoms. The van der Waals surface area contributed by atoms with E-state index in [0.717, 1.165) is 43.3 Å². The number of anilines is 1. The molecule has 0 spiro atoms. The van der Waals surface area contributed by atoms with Crippen LogP contribution in [0.25, 0.3) is 0 Å². The largest absolute Gasteiger partial charge is 0.467 e. The molecule has 1 N–H and O–H groups in total. The van der Waals surface area contributed by atoms with Crippen LogP contribution in [-0.4, -0.2) is 62.7 Å². The quantitative estimate of drug-likeness (QED) is 0.718. The van der Waals surface area contributed by atoms with Gasteiger partial charge in [-0.05, 0) is 30.5 Å². The molecule has 0 unspecified atom stereocenters. The first-order chi connectivity index (χ1) is 12.8. The molecule has 0 bridgehead atoms. The summed E-state index contributed by atoms with van der Waals surface area (Å²) in [5.41, 5.74) is 2.34. The molecule has 7 heteroatoms. The van der Waals surface area contributed by atoms with Crippen molar-refractivity contribution < 1.29 is 14.3 Å². The van der Waals surface area contributed by atoms with Gasteiger partial charge in [-0.1, -0.05) is 37.9 Å². The number of ether oxygens (including phenoxy) is 1. The Bertz CT molecular complexity index is 660. The van der Waals surface area contributed by atoms with Crippen LogP contribution in [-0.2, 0) is 14.3 Å². The van der Waals surface area contributed by atoms with E-state index in [4.69, 9.17) is 16.3 Å². The summed E-state index contributed by atoms with van der Waals surface area (Å²) in [7, 11) is 1.35. The zero-order valence-corrected chi connectivity index (χ0v) is 17.4. The number of piperazine rings is 1. The molecule has 1 aromatic carbocycles. The van der Waals surface area contributed by atoms with Gasteiger partial charge in [0.2, 0.25) is 5.91 Å². The second-order valence-corrected chi connectivity index (χ2v) is 7.58. The number of carbonyl (C=O) groups is 2. The maximum atomic E-state index is 12.4. The monoisotopic (exact) mass is 395 g/mol. The SMILES string of the molecule is CC[C@@H](C)[C@@H](NC(=O)CN1CCN(c2cc(Cl)ccc2C)CC1)C(=O)OC. The van der Waals surface area contributed by atoms with Gasteiger partial charge in [-0.15, -0.1) is 0 Å². The van der Waals surface area contributed by atoms with Gasteiger partial charge in [0.1, 0.15) is 6.04 Å². The average Bonchev–Trinajstić information content (AvgIpc) is 2.67. The van der Waals surface area contributed by atoms with Crippen molar-refractivity contribution in [2.24, 2.45) is 5.92 Å². The predicted octanol–water partition coefficient (Wildman–Crippen LogP) is 2.47. The van der Waals surface area contributed by atoms with Crippen LogP contribution < -0.4 is 10.2 Å². The van der Waals surface area contributed by atoms with Crippen molar-refractivity contribution in [1.82, 2.24) is 10.2 Å². The molecular formula is C20H30ClN3O3. The molecule has 1 fully saturated rings. The van der Waals surface area contributed by atoms with Crippen LogP contribution in [0.4, 0.5) is 5.69 Å². The Morgan fingerprint density at radius 3 is 2.52 bits per heavy atom. The topological polar surface area (TPSA) is 61.9 Å². The van der Waals surface area contributed by atoms with Crippen LogP contribution in [0.3, 0.4) is 0 Å². The summed E-state index contributed by atoms with van der Waals surface area (Å²) >= 11 is 6.13. The Kier molecular flexibility index (Phi) is 7.92. The van der Waals surface area contributed by atoms with E-state index in [1.54, 1.807) is 0 Å². The van der Waals surface area contributed by atoms with Crippen molar-refractivity contribution in [3.05, 3.63) is 28.8 Å². The Morgan fingerprint density at radius 1 is 1.26 bits per heavy atom. The van der Waals surface area contributed by atoms with Crippen LogP contribution in [0.2, 0.25) is 5.02 Å². The van der Waals surface area contributed by atoms with Gasteiger partial charge < -0.3 is 15.0 Å². The first kappa shape index (κ1) is 21.5. The van der Waals surface area contributed by atoms with Gasteiger partial charge in [0.25, 0.3) is 0 Å².